The van der Waals surface area contributed by atoms with E-state index in [1.54, 1.807) is 37.6 Å². The van der Waals surface area contributed by atoms with Gasteiger partial charge in [-0.3, -0.25) is 9.48 Å². The number of carbonyl (C=O) groups is 1. The Kier molecular flexibility index (Phi) is 4.82. The lowest BCUT2D eigenvalue weighted by Crippen LogP contribution is -2.34. The summed E-state index contributed by atoms with van der Waals surface area (Å²) in [6.45, 7) is 4.41. The van der Waals surface area contributed by atoms with Crippen LogP contribution in [0.3, 0.4) is 0 Å². The van der Waals surface area contributed by atoms with Gasteiger partial charge in [0.15, 0.2) is 0 Å². The van der Waals surface area contributed by atoms with Crippen molar-refractivity contribution in [1.29, 1.82) is 0 Å². The van der Waals surface area contributed by atoms with Crippen LogP contribution in [-0.4, -0.2) is 48.8 Å². The van der Waals surface area contributed by atoms with E-state index in [-0.39, 0.29) is 17.6 Å². The van der Waals surface area contributed by atoms with Crippen LogP contribution in [0.1, 0.15) is 28.4 Å². The van der Waals surface area contributed by atoms with E-state index in [9.17, 15) is 4.79 Å². The molecule has 1 atom stereocenters. The molecular formula is C18H21N7O2. The molecule has 0 spiro atoms. The highest BCUT2D eigenvalue weighted by molar-refractivity contribution is 5.91. The number of aryl methyl sites for hydroxylation is 1. The lowest BCUT2D eigenvalue weighted by Gasteiger charge is -2.23. The van der Waals surface area contributed by atoms with Crippen molar-refractivity contribution < 1.29 is 9.32 Å². The molecule has 1 aliphatic rings. The minimum atomic E-state index is -0.144. The minimum absolute atomic E-state index is 0.144. The van der Waals surface area contributed by atoms with E-state index in [1.165, 1.54) is 0 Å². The fourth-order valence-electron chi connectivity index (χ4n) is 3.27. The van der Waals surface area contributed by atoms with Crippen molar-refractivity contribution in [3.63, 3.8) is 0 Å². The molecule has 0 aromatic carbocycles. The quantitative estimate of drug-likeness (QED) is 0.733. The molecule has 3 aromatic heterocycles. The molecule has 4 heterocycles. The molecule has 0 unspecified atom stereocenters. The summed E-state index contributed by atoms with van der Waals surface area (Å²) in [5.41, 5.74) is 1.71. The molecule has 0 fully saturated rings. The standard InChI is InChI=1S/C18H21N7O2/c1-13-9-16(27-23-13)17(26)24-10-14(11-25-15(12-24)4-8-22-25)3-7-21-18-19-5-2-6-20-18/h2,4-6,8-9,14H,3,7,10-12H2,1H3,(H,19,20,21)/t14-/m0/s1. The van der Waals surface area contributed by atoms with Crippen LogP contribution in [0, 0.1) is 12.8 Å². The summed E-state index contributed by atoms with van der Waals surface area (Å²) < 4.78 is 7.15. The monoisotopic (exact) mass is 367 g/mol. The normalized spacial score (nSPS) is 16.6. The minimum Gasteiger partial charge on any atom is -0.354 e. The van der Waals surface area contributed by atoms with E-state index < -0.39 is 0 Å². The second-order valence-electron chi connectivity index (χ2n) is 6.68. The number of rotatable bonds is 5. The van der Waals surface area contributed by atoms with E-state index in [2.05, 4.69) is 25.5 Å². The second kappa shape index (κ2) is 7.56. The smallest absolute Gasteiger partial charge is 0.292 e. The fourth-order valence-corrected chi connectivity index (χ4v) is 3.27. The molecule has 1 N–H and O–H groups in total. The summed E-state index contributed by atoms with van der Waals surface area (Å²) in [5, 5.41) is 11.5. The summed E-state index contributed by atoms with van der Waals surface area (Å²) in [6.07, 6.45) is 6.04. The molecule has 27 heavy (non-hydrogen) atoms. The summed E-state index contributed by atoms with van der Waals surface area (Å²) in [7, 11) is 0. The van der Waals surface area contributed by atoms with Gasteiger partial charge >= 0.3 is 0 Å². The first-order chi connectivity index (χ1) is 13.2. The SMILES string of the molecule is Cc1cc(C(=O)N2Cc3ccnn3C[C@@H](CCNc3ncccn3)C2)on1. The third kappa shape index (κ3) is 3.97. The molecular weight excluding hydrogens is 346 g/mol. The molecule has 0 saturated carbocycles. The number of hydrogen-bond donors (Lipinski definition) is 1. The largest absolute Gasteiger partial charge is 0.354 e. The van der Waals surface area contributed by atoms with Crippen LogP contribution < -0.4 is 5.32 Å². The predicted octanol–water partition coefficient (Wildman–Crippen LogP) is 1.74. The molecule has 9 heteroatoms. The van der Waals surface area contributed by atoms with Crippen molar-refractivity contribution in [3.05, 3.63) is 53.9 Å². The Morgan fingerprint density at radius 1 is 1.30 bits per heavy atom. The highest BCUT2D eigenvalue weighted by atomic mass is 16.5. The van der Waals surface area contributed by atoms with Gasteiger partial charge in [-0.2, -0.15) is 5.10 Å². The van der Waals surface area contributed by atoms with Gasteiger partial charge in [-0.1, -0.05) is 5.16 Å². The van der Waals surface area contributed by atoms with Crippen molar-refractivity contribution in [2.45, 2.75) is 26.4 Å². The van der Waals surface area contributed by atoms with Crippen molar-refractivity contribution in [2.75, 3.05) is 18.4 Å². The maximum absolute atomic E-state index is 12.9. The third-order valence-corrected chi connectivity index (χ3v) is 4.59. The first-order valence-corrected chi connectivity index (χ1v) is 8.93. The highest BCUT2D eigenvalue weighted by Gasteiger charge is 2.28. The van der Waals surface area contributed by atoms with E-state index in [0.29, 0.717) is 31.3 Å². The molecule has 3 aromatic rings. The maximum Gasteiger partial charge on any atom is 0.292 e. The summed E-state index contributed by atoms with van der Waals surface area (Å²) >= 11 is 0. The topological polar surface area (TPSA) is 102 Å². The van der Waals surface area contributed by atoms with Gasteiger partial charge in [0.05, 0.1) is 17.9 Å². The van der Waals surface area contributed by atoms with Crippen molar-refractivity contribution in [2.24, 2.45) is 5.92 Å². The first-order valence-electron chi connectivity index (χ1n) is 8.93. The molecule has 1 amide bonds. The van der Waals surface area contributed by atoms with Gasteiger partial charge in [-0.15, -0.1) is 0 Å². The second-order valence-corrected chi connectivity index (χ2v) is 6.68. The van der Waals surface area contributed by atoms with Gasteiger partial charge in [0.2, 0.25) is 11.7 Å². The first kappa shape index (κ1) is 17.2. The van der Waals surface area contributed by atoms with Crippen LogP contribution in [0.5, 0.6) is 0 Å². The molecule has 9 nitrogen and oxygen atoms in total. The zero-order valence-electron chi connectivity index (χ0n) is 15.1. The lowest BCUT2D eigenvalue weighted by atomic mass is 10.1. The number of nitrogens with zero attached hydrogens (tertiary/aromatic N) is 6. The van der Waals surface area contributed by atoms with Gasteiger partial charge < -0.3 is 14.7 Å². The molecule has 4 rings (SSSR count). The number of fused-ring (bicyclic) bond motifs is 1. The Labute approximate surface area is 156 Å². The summed E-state index contributed by atoms with van der Waals surface area (Å²) in [6, 6.07) is 5.41. The van der Waals surface area contributed by atoms with Crippen molar-refractivity contribution in [3.8, 4) is 0 Å². The zero-order valence-corrected chi connectivity index (χ0v) is 15.1. The molecule has 0 radical (unpaired) electrons. The van der Waals surface area contributed by atoms with Gasteiger partial charge in [-0.25, -0.2) is 9.97 Å². The molecule has 140 valence electrons. The summed E-state index contributed by atoms with van der Waals surface area (Å²) in [5.74, 6) is 0.982. The number of carbonyl (C=O) groups excluding carboxylic acids is 1. The van der Waals surface area contributed by atoms with Gasteiger partial charge in [-0.05, 0) is 31.4 Å². The van der Waals surface area contributed by atoms with Crippen LogP contribution in [-0.2, 0) is 13.1 Å². The maximum atomic E-state index is 12.9. The van der Waals surface area contributed by atoms with Crippen LogP contribution in [0.25, 0.3) is 0 Å². The number of aromatic nitrogens is 5. The van der Waals surface area contributed by atoms with Crippen LogP contribution in [0.4, 0.5) is 5.95 Å². The van der Waals surface area contributed by atoms with Crippen molar-refractivity contribution in [1.82, 2.24) is 29.8 Å². The van der Waals surface area contributed by atoms with E-state index in [1.807, 2.05) is 15.6 Å². The summed E-state index contributed by atoms with van der Waals surface area (Å²) in [4.78, 5) is 23.0. The molecule has 0 aliphatic carbocycles. The van der Waals surface area contributed by atoms with E-state index in [4.69, 9.17) is 4.52 Å². The average Bonchev–Trinajstić information content (AvgIpc) is 3.26. The van der Waals surface area contributed by atoms with Crippen molar-refractivity contribution >= 4 is 11.9 Å². The average molecular weight is 367 g/mol. The number of hydrogen-bond acceptors (Lipinski definition) is 7. The van der Waals surface area contributed by atoms with Crippen LogP contribution >= 0.6 is 0 Å². The fraction of sp³-hybridized carbons (Fsp3) is 0.389. The predicted molar refractivity (Wildman–Crippen MR) is 96.8 cm³/mol. The Bertz CT molecular complexity index is 905. The number of anilines is 1. The van der Waals surface area contributed by atoms with Gasteiger partial charge in [0, 0.05) is 44.3 Å². The van der Waals surface area contributed by atoms with Crippen LogP contribution in [0.2, 0.25) is 0 Å². The van der Waals surface area contributed by atoms with Crippen LogP contribution in [0.15, 0.2) is 41.3 Å². The Morgan fingerprint density at radius 2 is 2.15 bits per heavy atom. The van der Waals surface area contributed by atoms with E-state index >= 15 is 0 Å². The molecule has 0 saturated heterocycles. The van der Waals surface area contributed by atoms with Gasteiger partial charge in [0.25, 0.3) is 5.91 Å². The number of nitrogens with one attached hydrogen (secondary N) is 1. The Hall–Kier alpha value is -3.23. The molecule has 1 aliphatic heterocycles. The number of amides is 1. The van der Waals surface area contributed by atoms with Gasteiger partial charge in [0.1, 0.15) is 0 Å². The lowest BCUT2D eigenvalue weighted by molar-refractivity contribution is 0.0677. The third-order valence-electron chi connectivity index (χ3n) is 4.59. The zero-order chi connectivity index (χ0) is 18.6. The Balaban J connectivity index is 1.46. The highest BCUT2D eigenvalue weighted by Crippen LogP contribution is 2.20. The Morgan fingerprint density at radius 3 is 2.93 bits per heavy atom. The molecule has 0 bridgehead atoms. The van der Waals surface area contributed by atoms with E-state index in [0.717, 1.165) is 18.7 Å².